The molecule has 20 heavy (non-hydrogen) atoms. The zero-order valence-electron chi connectivity index (χ0n) is 10.8. The van der Waals surface area contributed by atoms with Gasteiger partial charge in [-0.1, -0.05) is 18.2 Å². The Balaban J connectivity index is 1.75. The molecule has 2 N–H and O–H groups in total. The topological polar surface area (TPSA) is 58.2 Å². The summed E-state index contributed by atoms with van der Waals surface area (Å²) >= 11 is 1.39. The molecule has 1 aliphatic rings. The highest BCUT2D eigenvalue weighted by Crippen LogP contribution is 2.31. The van der Waals surface area contributed by atoms with Gasteiger partial charge in [0.25, 0.3) is 5.91 Å². The largest absolute Gasteiger partial charge is 0.324 e. The molecule has 0 atom stereocenters. The van der Waals surface area contributed by atoms with Crippen LogP contribution in [0.2, 0.25) is 0 Å². The number of rotatable bonds is 4. The molecular formula is C15H14N2O2S. The quantitative estimate of drug-likeness (QED) is 0.905. The minimum absolute atomic E-state index is 0.0304. The van der Waals surface area contributed by atoms with E-state index in [1.54, 1.807) is 18.2 Å². The van der Waals surface area contributed by atoms with Gasteiger partial charge >= 0.3 is 0 Å². The van der Waals surface area contributed by atoms with Gasteiger partial charge in [0.05, 0.1) is 16.3 Å². The molecule has 1 heterocycles. The van der Waals surface area contributed by atoms with E-state index in [9.17, 15) is 9.59 Å². The van der Waals surface area contributed by atoms with Gasteiger partial charge in [0, 0.05) is 5.92 Å². The zero-order valence-corrected chi connectivity index (χ0v) is 11.6. The smallest absolute Gasteiger partial charge is 0.265 e. The molecule has 0 aliphatic heterocycles. The summed E-state index contributed by atoms with van der Waals surface area (Å²) in [5, 5.41) is 7.56. The van der Waals surface area contributed by atoms with Crippen LogP contribution in [0.3, 0.4) is 0 Å². The van der Waals surface area contributed by atoms with E-state index >= 15 is 0 Å². The summed E-state index contributed by atoms with van der Waals surface area (Å²) in [6.45, 7) is 0. The highest BCUT2D eigenvalue weighted by molar-refractivity contribution is 7.12. The average molecular weight is 286 g/mol. The first-order valence-corrected chi connectivity index (χ1v) is 7.37. The maximum Gasteiger partial charge on any atom is 0.265 e. The van der Waals surface area contributed by atoms with Gasteiger partial charge in [0.2, 0.25) is 5.91 Å². The third-order valence-electron chi connectivity index (χ3n) is 3.13. The first-order valence-electron chi connectivity index (χ1n) is 6.49. The summed E-state index contributed by atoms with van der Waals surface area (Å²) in [4.78, 5) is 24.5. The normalized spacial score (nSPS) is 13.8. The van der Waals surface area contributed by atoms with Crippen molar-refractivity contribution in [3.8, 4) is 0 Å². The Morgan fingerprint density at radius 2 is 1.70 bits per heavy atom. The fourth-order valence-electron chi connectivity index (χ4n) is 1.87. The molecule has 3 rings (SSSR count). The number of hydrogen-bond acceptors (Lipinski definition) is 3. The van der Waals surface area contributed by atoms with Gasteiger partial charge in [-0.05, 0) is 36.4 Å². The van der Waals surface area contributed by atoms with E-state index in [1.165, 1.54) is 11.3 Å². The number of thiophene rings is 1. The molecule has 0 unspecified atom stereocenters. The lowest BCUT2D eigenvalue weighted by Crippen LogP contribution is -2.17. The van der Waals surface area contributed by atoms with Gasteiger partial charge in [0.15, 0.2) is 0 Å². The Bertz CT molecular complexity index is 633. The van der Waals surface area contributed by atoms with Crippen LogP contribution in [0, 0.1) is 5.92 Å². The third kappa shape index (κ3) is 2.88. The standard InChI is InChI=1S/C15H14N2O2S/c18-14(10-7-8-10)16-11-4-1-2-5-12(11)17-15(19)13-6-3-9-20-13/h1-6,9-10H,7-8H2,(H,16,18)(H,17,19). The van der Waals surface area contributed by atoms with E-state index in [0.717, 1.165) is 12.8 Å². The minimum Gasteiger partial charge on any atom is -0.324 e. The zero-order chi connectivity index (χ0) is 13.9. The highest BCUT2D eigenvalue weighted by atomic mass is 32.1. The summed E-state index contributed by atoms with van der Waals surface area (Å²) in [5.41, 5.74) is 1.27. The van der Waals surface area contributed by atoms with Crippen molar-refractivity contribution in [1.82, 2.24) is 0 Å². The van der Waals surface area contributed by atoms with E-state index in [-0.39, 0.29) is 17.7 Å². The Morgan fingerprint density at radius 3 is 2.30 bits per heavy atom. The molecule has 1 fully saturated rings. The summed E-state index contributed by atoms with van der Waals surface area (Å²) in [5.74, 6) is 0.00648. The van der Waals surface area contributed by atoms with Crippen molar-refractivity contribution in [1.29, 1.82) is 0 Å². The Labute approximate surface area is 120 Å². The molecule has 2 aromatic rings. The molecular weight excluding hydrogens is 272 g/mol. The average Bonchev–Trinajstić information content (AvgIpc) is 3.16. The van der Waals surface area contributed by atoms with E-state index < -0.39 is 0 Å². The van der Waals surface area contributed by atoms with Gasteiger partial charge in [0.1, 0.15) is 0 Å². The van der Waals surface area contributed by atoms with Gasteiger partial charge in [-0.15, -0.1) is 11.3 Å². The first-order chi connectivity index (χ1) is 9.74. The van der Waals surface area contributed by atoms with Gasteiger partial charge in [-0.25, -0.2) is 0 Å². The number of carbonyl (C=O) groups is 2. The van der Waals surface area contributed by atoms with Crippen LogP contribution in [0.25, 0.3) is 0 Å². The molecule has 1 aromatic carbocycles. The van der Waals surface area contributed by atoms with E-state index in [1.807, 2.05) is 23.6 Å². The molecule has 1 aromatic heterocycles. The van der Waals surface area contributed by atoms with E-state index in [0.29, 0.717) is 16.3 Å². The summed E-state index contributed by atoms with van der Waals surface area (Å²) in [7, 11) is 0. The number of carbonyl (C=O) groups excluding carboxylic acids is 2. The Hall–Kier alpha value is -2.14. The second-order valence-corrected chi connectivity index (χ2v) is 5.69. The van der Waals surface area contributed by atoms with Crippen LogP contribution in [-0.2, 0) is 4.79 Å². The fourth-order valence-corrected chi connectivity index (χ4v) is 2.49. The van der Waals surface area contributed by atoms with Gasteiger partial charge in [-0.2, -0.15) is 0 Å². The number of amides is 2. The molecule has 0 bridgehead atoms. The minimum atomic E-state index is -0.159. The highest BCUT2D eigenvalue weighted by Gasteiger charge is 2.30. The lowest BCUT2D eigenvalue weighted by atomic mass is 10.2. The monoisotopic (exact) mass is 286 g/mol. The maximum absolute atomic E-state index is 12.0. The molecule has 1 saturated carbocycles. The maximum atomic E-state index is 12.0. The molecule has 5 heteroatoms. The second kappa shape index (κ2) is 5.46. The second-order valence-electron chi connectivity index (χ2n) is 4.74. The van der Waals surface area contributed by atoms with Crippen LogP contribution >= 0.6 is 11.3 Å². The van der Waals surface area contributed by atoms with Gasteiger partial charge < -0.3 is 10.6 Å². The van der Waals surface area contributed by atoms with E-state index in [4.69, 9.17) is 0 Å². The van der Waals surface area contributed by atoms with Crippen molar-refractivity contribution in [2.24, 2.45) is 5.92 Å². The number of hydrogen-bond donors (Lipinski definition) is 2. The van der Waals surface area contributed by atoms with Crippen LogP contribution in [-0.4, -0.2) is 11.8 Å². The molecule has 102 valence electrons. The first kappa shape index (κ1) is 12.9. The predicted molar refractivity (Wildman–Crippen MR) is 80.1 cm³/mol. The van der Waals surface area contributed by atoms with Crippen LogP contribution in [0.4, 0.5) is 11.4 Å². The van der Waals surface area contributed by atoms with E-state index in [2.05, 4.69) is 10.6 Å². The van der Waals surface area contributed by atoms with Crippen LogP contribution in [0.5, 0.6) is 0 Å². The third-order valence-corrected chi connectivity index (χ3v) is 3.99. The number of para-hydroxylation sites is 2. The molecule has 4 nitrogen and oxygen atoms in total. The Kier molecular flexibility index (Phi) is 3.52. The Morgan fingerprint density at radius 1 is 1.00 bits per heavy atom. The van der Waals surface area contributed by atoms with Crippen molar-refractivity contribution >= 4 is 34.5 Å². The van der Waals surface area contributed by atoms with Crippen LogP contribution < -0.4 is 10.6 Å². The van der Waals surface area contributed by atoms with Crippen molar-refractivity contribution in [2.45, 2.75) is 12.8 Å². The van der Waals surface area contributed by atoms with Crippen molar-refractivity contribution in [3.05, 3.63) is 46.7 Å². The molecule has 0 saturated heterocycles. The SMILES string of the molecule is O=C(Nc1ccccc1NC(=O)C1CC1)c1cccs1. The van der Waals surface area contributed by atoms with Crippen molar-refractivity contribution < 1.29 is 9.59 Å². The van der Waals surface area contributed by atoms with Gasteiger partial charge in [-0.3, -0.25) is 9.59 Å². The molecule has 0 radical (unpaired) electrons. The van der Waals surface area contributed by atoms with Crippen molar-refractivity contribution in [3.63, 3.8) is 0 Å². The molecule has 0 spiro atoms. The number of anilines is 2. The lowest BCUT2D eigenvalue weighted by molar-refractivity contribution is -0.117. The molecule has 2 amide bonds. The van der Waals surface area contributed by atoms with Crippen molar-refractivity contribution in [2.75, 3.05) is 10.6 Å². The van der Waals surface area contributed by atoms with Crippen LogP contribution in [0.15, 0.2) is 41.8 Å². The number of benzene rings is 1. The number of nitrogens with one attached hydrogen (secondary N) is 2. The summed E-state index contributed by atoms with van der Waals surface area (Å²) in [6.07, 6.45) is 1.91. The summed E-state index contributed by atoms with van der Waals surface area (Å²) < 4.78 is 0. The predicted octanol–water partition coefficient (Wildman–Crippen LogP) is 3.35. The summed E-state index contributed by atoms with van der Waals surface area (Å²) in [6, 6.07) is 10.9. The molecule has 1 aliphatic carbocycles. The van der Waals surface area contributed by atoms with Crippen LogP contribution in [0.1, 0.15) is 22.5 Å². The fraction of sp³-hybridized carbons (Fsp3) is 0.200. The lowest BCUT2D eigenvalue weighted by Gasteiger charge is -2.11.